The Balaban J connectivity index is 2.85. The van der Waals surface area contributed by atoms with Gasteiger partial charge in [-0.2, -0.15) is 0 Å². The molecule has 0 atom stereocenters. The molecule has 22 heavy (non-hydrogen) atoms. The fraction of sp³-hybridized carbons (Fsp3) is 0.688. The standard InChI is InChI=1S/C16H28N4O2/c1-10(2)20(7)9-8-17-13(21)12-11(3)18-15(16(4,5)6)19-14(12)22/h10H,8-9H2,1-7H3,(H,17,21)(H,18,19,22). The summed E-state index contributed by atoms with van der Waals surface area (Å²) in [4.78, 5) is 33.6. The molecular weight excluding hydrogens is 280 g/mol. The molecule has 1 heterocycles. The molecule has 0 bridgehead atoms. The Morgan fingerprint density at radius 2 is 1.95 bits per heavy atom. The van der Waals surface area contributed by atoms with Crippen molar-refractivity contribution < 1.29 is 4.79 Å². The SMILES string of the molecule is Cc1nc(C(C)(C)C)[nH]c(=O)c1C(=O)NCCN(C)C(C)C. The molecule has 0 aliphatic rings. The van der Waals surface area contributed by atoms with Crippen molar-refractivity contribution in [1.82, 2.24) is 20.2 Å². The van der Waals surface area contributed by atoms with Gasteiger partial charge < -0.3 is 15.2 Å². The number of carbonyl (C=O) groups excluding carboxylic acids is 1. The van der Waals surface area contributed by atoms with Crippen molar-refractivity contribution in [3.63, 3.8) is 0 Å². The largest absolute Gasteiger partial charge is 0.351 e. The monoisotopic (exact) mass is 308 g/mol. The quantitative estimate of drug-likeness (QED) is 0.863. The number of nitrogens with one attached hydrogen (secondary N) is 2. The molecular formula is C16H28N4O2. The van der Waals surface area contributed by atoms with Crippen LogP contribution in [0.2, 0.25) is 0 Å². The van der Waals surface area contributed by atoms with Crippen molar-refractivity contribution >= 4 is 5.91 Å². The zero-order chi connectivity index (χ0) is 17.1. The number of nitrogens with zero attached hydrogens (tertiary/aromatic N) is 2. The Hall–Kier alpha value is -1.69. The van der Waals surface area contributed by atoms with E-state index in [0.717, 1.165) is 6.54 Å². The molecule has 0 aromatic carbocycles. The molecule has 0 saturated carbocycles. The van der Waals surface area contributed by atoms with Crippen molar-refractivity contribution in [2.24, 2.45) is 0 Å². The summed E-state index contributed by atoms with van der Waals surface area (Å²) < 4.78 is 0. The van der Waals surface area contributed by atoms with Crippen LogP contribution in [0.25, 0.3) is 0 Å². The normalized spacial score (nSPS) is 12.0. The Kier molecular flexibility index (Phi) is 5.88. The van der Waals surface area contributed by atoms with Gasteiger partial charge in [0.2, 0.25) is 0 Å². The van der Waals surface area contributed by atoms with Gasteiger partial charge in [-0.05, 0) is 27.8 Å². The summed E-state index contributed by atoms with van der Waals surface area (Å²) in [5, 5.41) is 2.78. The number of hydrogen-bond acceptors (Lipinski definition) is 4. The molecule has 1 aromatic heterocycles. The molecule has 1 amide bonds. The minimum absolute atomic E-state index is 0.0974. The second-order valence-electron chi connectivity index (χ2n) is 6.96. The van der Waals surface area contributed by atoms with E-state index in [9.17, 15) is 9.59 Å². The molecule has 1 aromatic rings. The van der Waals surface area contributed by atoms with Crippen molar-refractivity contribution in [3.05, 3.63) is 27.4 Å². The first kappa shape index (κ1) is 18.4. The Morgan fingerprint density at radius 3 is 2.41 bits per heavy atom. The van der Waals surface area contributed by atoms with Crippen LogP contribution in [0.15, 0.2) is 4.79 Å². The predicted octanol–water partition coefficient (Wildman–Crippen LogP) is 1.45. The lowest BCUT2D eigenvalue weighted by molar-refractivity contribution is 0.0945. The lowest BCUT2D eigenvalue weighted by Crippen LogP contribution is -2.39. The molecule has 0 saturated heterocycles. The zero-order valence-corrected chi connectivity index (χ0v) is 14.7. The summed E-state index contributed by atoms with van der Waals surface area (Å²) in [6.07, 6.45) is 0. The third-order valence-electron chi connectivity index (χ3n) is 3.67. The van der Waals surface area contributed by atoms with Gasteiger partial charge in [0.1, 0.15) is 11.4 Å². The van der Waals surface area contributed by atoms with Crippen molar-refractivity contribution in [2.75, 3.05) is 20.1 Å². The van der Waals surface area contributed by atoms with E-state index < -0.39 is 0 Å². The number of aryl methyl sites for hydroxylation is 1. The lowest BCUT2D eigenvalue weighted by Gasteiger charge is -2.21. The van der Waals surface area contributed by atoms with Crippen LogP contribution in [0.1, 0.15) is 56.5 Å². The van der Waals surface area contributed by atoms with Gasteiger partial charge >= 0.3 is 0 Å². The summed E-state index contributed by atoms with van der Waals surface area (Å²) in [5.74, 6) is 0.218. The van der Waals surface area contributed by atoms with E-state index in [0.29, 0.717) is 24.1 Å². The van der Waals surface area contributed by atoms with Crippen LogP contribution in [0.3, 0.4) is 0 Å². The maximum atomic E-state index is 12.2. The third-order valence-corrected chi connectivity index (χ3v) is 3.67. The maximum absolute atomic E-state index is 12.2. The van der Waals surface area contributed by atoms with E-state index in [-0.39, 0.29) is 22.4 Å². The average Bonchev–Trinajstić information content (AvgIpc) is 2.36. The van der Waals surface area contributed by atoms with Gasteiger partial charge in [0.15, 0.2) is 0 Å². The molecule has 0 aliphatic carbocycles. The van der Waals surface area contributed by atoms with Gasteiger partial charge in [-0.3, -0.25) is 9.59 Å². The second-order valence-corrected chi connectivity index (χ2v) is 6.96. The summed E-state index contributed by atoms with van der Waals surface area (Å²) in [5.41, 5.74) is -0.0884. The number of H-pyrrole nitrogens is 1. The van der Waals surface area contributed by atoms with E-state index in [1.165, 1.54) is 0 Å². The summed E-state index contributed by atoms with van der Waals surface area (Å²) in [6, 6.07) is 0.412. The highest BCUT2D eigenvalue weighted by Gasteiger charge is 2.22. The number of rotatable bonds is 5. The van der Waals surface area contributed by atoms with Crippen LogP contribution in [-0.4, -0.2) is 47.0 Å². The van der Waals surface area contributed by atoms with E-state index in [1.807, 2.05) is 27.8 Å². The average molecular weight is 308 g/mol. The first-order valence-electron chi connectivity index (χ1n) is 7.64. The summed E-state index contributed by atoms with van der Waals surface area (Å²) in [6.45, 7) is 13.0. The molecule has 6 heteroatoms. The minimum atomic E-state index is -0.382. The van der Waals surface area contributed by atoms with Crippen molar-refractivity contribution in [1.29, 1.82) is 0 Å². The van der Waals surface area contributed by atoms with Crippen molar-refractivity contribution in [3.8, 4) is 0 Å². The summed E-state index contributed by atoms with van der Waals surface area (Å²) in [7, 11) is 1.99. The smallest absolute Gasteiger partial charge is 0.264 e. The van der Waals surface area contributed by atoms with Gasteiger partial charge in [-0.15, -0.1) is 0 Å². The predicted molar refractivity (Wildman–Crippen MR) is 88.4 cm³/mol. The van der Waals surface area contributed by atoms with Gasteiger partial charge in [0.25, 0.3) is 11.5 Å². The highest BCUT2D eigenvalue weighted by Crippen LogP contribution is 2.17. The van der Waals surface area contributed by atoms with Crippen molar-refractivity contribution in [2.45, 2.75) is 53.0 Å². The minimum Gasteiger partial charge on any atom is -0.351 e. The number of aromatic amines is 1. The molecule has 0 spiro atoms. The molecule has 1 rings (SSSR count). The zero-order valence-electron chi connectivity index (χ0n) is 14.7. The Labute approximate surface area is 132 Å². The van der Waals surface area contributed by atoms with E-state index in [4.69, 9.17) is 0 Å². The first-order chi connectivity index (χ1) is 10.0. The first-order valence-corrected chi connectivity index (χ1v) is 7.64. The Morgan fingerprint density at radius 1 is 1.36 bits per heavy atom. The number of amides is 1. The van der Waals surface area contributed by atoms with Gasteiger partial charge in [0, 0.05) is 24.5 Å². The maximum Gasteiger partial charge on any atom is 0.264 e. The summed E-state index contributed by atoms with van der Waals surface area (Å²) >= 11 is 0. The number of carbonyl (C=O) groups is 1. The van der Waals surface area contributed by atoms with E-state index >= 15 is 0 Å². The van der Waals surface area contributed by atoms with Crippen LogP contribution < -0.4 is 10.9 Å². The molecule has 124 valence electrons. The number of aromatic nitrogens is 2. The van der Waals surface area contributed by atoms with Crippen LogP contribution in [-0.2, 0) is 5.41 Å². The molecule has 0 radical (unpaired) electrons. The van der Waals surface area contributed by atoms with E-state index in [2.05, 4.69) is 34.0 Å². The molecule has 0 aliphatic heterocycles. The molecule has 0 fully saturated rings. The fourth-order valence-electron chi connectivity index (χ4n) is 1.90. The lowest BCUT2D eigenvalue weighted by atomic mass is 9.95. The molecule has 0 unspecified atom stereocenters. The van der Waals surface area contributed by atoms with Gasteiger partial charge in [-0.25, -0.2) is 4.98 Å². The van der Waals surface area contributed by atoms with Crippen LogP contribution in [0.4, 0.5) is 0 Å². The van der Waals surface area contributed by atoms with Crippen LogP contribution >= 0.6 is 0 Å². The number of likely N-dealkylation sites (N-methyl/N-ethyl adjacent to an activating group) is 1. The topological polar surface area (TPSA) is 78.1 Å². The van der Waals surface area contributed by atoms with Gasteiger partial charge in [0.05, 0.1) is 5.69 Å². The van der Waals surface area contributed by atoms with E-state index in [1.54, 1.807) is 6.92 Å². The second kappa shape index (κ2) is 7.05. The fourth-order valence-corrected chi connectivity index (χ4v) is 1.90. The van der Waals surface area contributed by atoms with Gasteiger partial charge in [-0.1, -0.05) is 20.8 Å². The van der Waals surface area contributed by atoms with Crippen LogP contribution in [0, 0.1) is 6.92 Å². The molecule has 6 nitrogen and oxygen atoms in total. The number of hydrogen-bond donors (Lipinski definition) is 2. The highest BCUT2D eigenvalue weighted by atomic mass is 16.2. The molecule has 2 N–H and O–H groups in total. The highest BCUT2D eigenvalue weighted by molar-refractivity contribution is 5.94. The Bertz CT molecular complexity index is 585. The third kappa shape index (κ3) is 4.66. The van der Waals surface area contributed by atoms with Crippen LogP contribution in [0.5, 0.6) is 0 Å².